The molecule has 2 saturated carbocycles. The number of amides is 1. The predicted octanol–water partition coefficient (Wildman–Crippen LogP) is 8.64. The molecule has 18 heteroatoms. The Morgan fingerprint density at radius 2 is 1.79 bits per heavy atom. The van der Waals surface area contributed by atoms with Crippen molar-refractivity contribution in [2.45, 2.75) is 107 Å². The average Bonchev–Trinajstić information content (AvgIpc) is 3.93. The number of anilines is 2. The highest BCUT2D eigenvalue weighted by Gasteiger charge is 2.49. The molecule has 2 atom stereocenters. The summed E-state index contributed by atoms with van der Waals surface area (Å²) in [6, 6.07) is 16.6. The molecule has 356 valence electrons. The number of pyridine rings is 2. The van der Waals surface area contributed by atoms with E-state index in [1.54, 1.807) is 19.1 Å². The number of H-pyrrole nitrogens is 1. The number of likely N-dealkylation sites (tertiary alicyclic amines) is 1. The molecular weight excluding hydrogens is 880 g/mol. The first-order chi connectivity index (χ1) is 32.0. The molecule has 0 unspecified atom stereocenters. The maximum atomic E-state index is 14.8. The minimum Gasteiger partial charge on any atom is -0.478 e. The topological polar surface area (TPSA) is 205 Å². The van der Waals surface area contributed by atoms with E-state index in [2.05, 4.69) is 68.2 Å². The molecule has 9 rings (SSSR count). The smallest absolute Gasteiger partial charge is 0.312 e. The van der Waals surface area contributed by atoms with E-state index in [0.717, 1.165) is 63.2 Å². The number of aromatic nitrogens is 3. The molecule has 1 spiro atoms. The van der Waals surface area contributed by atoms with Gasteiger partial charge in [0.25, 0.3) is 21.8 Å². The number of ether oxygens (including phenoxy) is 2. The zero-order valence-electron chi connectivity index (χ0n) is 38.4. The Morgan fingerprint density at radius 1 is 1.04 bits per heavy atom. The van der Waals surface area contributed by atoms with Crippen LogP contribution in [0.3, 0.4) is 0 Å². The van der Waals surface area contributed by atoms with E-state index in [1.807, 2.05) is 4.72 Å². The number of carbonyl (C=O) groups excluding carboxylic acids is 1. The van der Waals surface area contributed by atoms with Crippen LogP contribution in [0.2, 0.25) is 0 Å². The Hall–Kier alpha value is -5.85. The number of sulfonamides is 1. The van der Waals surface area contributed by atoms with Crippen LogP contribution in [0.5, 0.6) is 17.4 Å². The van der Waals surface area contributed by atoms with Gasteiger partial charge in [-0.1, -0.05) is 44.5 Å². The van der Waals surface area contributed by atoms with Gasteiger partial charge >= 0.3 is 5.69 Å². The lowest BCUT2D eigenvalue weighted by Gasteiger charge is -2.57. The summed E-state index contributed by atoms with van der Waals surface area (Å²) in [5.74, 6) is -0.678. The summed E-state index contributed by atoms with van der Waals surface area (Å²) < 4.78 is 56.2. The van der Waals surface area contributed by atoms with Crippen LogP contribution in [0.25, 0.3) is 11.0 Å². The van der Waals surface area contributed by atoms with Crippen molar-refractivity contribution in [2.75, 3.05) is 50.1 Å². The molecule has 67 heavy (non-hydrogen) atoms. The Labute approximate surface area is 389 Å². The standard InChI is InChI=1S/C49H59FN8O8S/c1-30(2)34-8-5-6-9-35(34)36-10-7-11-40(36)57-28-49(29-57)18-20-56(21-19-49)32-12-13-37(42(22-32)66-43-24-38-39(50)27-53-44(38)54-47(43)65-4)46(59)55-67(63,64)33-23-41(58(61)62)45(52-26-33)51-25-31-14-16-48(3,60)17-15-31/h5-6,8-9,12-13,22-24,26-27,30-31,36,40,60H,7,10-11,14-21,25,28-29H2,1-4H3,(H,51,52)(H,53,54)(H,55,59)/t31-,36-,40-,48-/m1/s1. The van der Waals surface area contributed by atoms with Gasteiger partial charge in [0.2, 0.25) is 5.82 Å². The van der Waals surface area contributed by atoms with E-state index in [9.17, 15) is 32.8 Å². The van der Waals surface area contributed by atoms with Crippen LogP contribution in [-0.2, 0) is 10.0 Å². The van der Waals surface area contributed by atoms with Crippen molar-refractivity contribution in [1.29, 1.82) is 0 Å². The highest BCUT2D eigenvalue weighted by molar-refractivity contribution is 7.90. The monoisotopic (exact) mass is 938 g/mol. The first-order valence-corrected chi connectivity index (χ1v) is 24.8. The number of carbonyl (C=O) groups is 1. The van der Waals surface area contributed by atoms with E-state index in [0.29, 0.717) is 50.1 Å². The molecule has 4 N–H and O–H groups in total. The van der Waals surface area contributed by atoms with Crippen LogP contribution in [-0.4, -0.2) is 95.7 Å². The van der Waals surface area contributed by atoms with Crippen molar-refractivity contribution in [2.24, 2.45) is 11.3 Å². The number of piperidine rings is 1. The summed E-state index contributed by atoms with van der Waals surface area (Å²) in [7, 11) is -3.35. The number of fused-ring (bicyclic) bond motifs is 1. The number of halogens is 1. The van der Waals surface area contributed by atoms with E-state index in [4.69, 9.17) is 9.47 Å². The van der Waals surface area contributed by atoms with Crippen molar-refractivity contribution < 1.29 is 37.1 Å². The van der Waals surface area contributed by atoms with Gasteiger partial charge in [-0.15, -0.1) is 0 Å². The molecule has 3 aromatic heterocycles. The van der Waals surface area contributed by atoms with Gasteiger partial charge in [-0.25, -0.2) is 22.5 Å². The maximum absolute atomic E-state index is 14.8. The van der Waals surface area contributed by atoms with Gasteiger partial charge in [-0.3, -0.25) is 19.8 Å². The van der Waals surface area contributed by atoms with Crippen molar-refractivity contribution in [3.05, 3.63) is 99.6 Å². The fraction of sp³-hybridized carbons (Fsp3) is 0.490. The Kier molecular flexibility index (Phi) is 12.7. The van der Waals surface area contributed by atoms with Crippen LogP contribution in [0.4, 0.5) is 21.6 Å². The molecule has 2 aliphatic carbocycles. The lowest BCUT2D eigenvalue weighted by Crippen LogP contribution is -2.63. The lowest BCUT2D eigenvalue weighted by molar-refractivity contribution is -0.384. The first kappa shape index (κ1) is 46.3. The zero-order valence-corrected chi connectivity index (χ0v) is 39.2. The SMILES string of the molecule is COc1nc2[nH]cc(F)c2cc1Oc1cc(N2CCC3(CC2)CN([C@@H]2CCC[C@@H]2c2ccccc2C(C)C)C3)ccc1C(=O)NS(=O)(=O)c1cnc(NC[C@H]2CC[C@](C)(O)CC2)c([N+](=O)[O-])c1. The minimum absolute atomic E-state index is 0.00665. The number of aromatic amines is 1. The van der Waals surface area contributed by atoms with Crippen LogP contribution in [0.1, 0.15) is 112 Å². The van der Waals surface area contributed by atoms with Crippen molar-refractivity contribution >= 4 is 44.2 Å². The van der Waals surface area contributed by atoms with Gasteiger partial charge in [0.05, 0.1) is 34.8 Å². The predicted molar refractivity (Wildman–Crippen MR) is 252 cm³/mol. The number of methoxy groups -OCH3 is 1. The largest absolute Gasteiger partial charge is 0.478 e. The van der Waals surface area contributed by atoms with Gasteiger partial charge in [-0.05, 0) is 105 Å². The summed E-state index contributed by atoms with van der Waals surface area (Å²) in [5, 5.41) is 25.6. The van der Waals surface area contributed by atoms with E-state index in [-0.39, 0.29) is 51.1 Å². The third-order valence-corrected chi connectivity index (χ3v) is 16.0. The second kappa shape index (κ2) is 18.3. The zero-order chi connectivity index (χ0) is 47.3. The maximum Gasteiger partial charge on any atom is 0.312 e. The second-order valence-electron chi connectivity index (χ2n) is 19.6. The summed E-state index contributed by atoms with van der Waals surface area (Å²) in [6.45, 7) is 10.3. The number of hydrogen-bond donors (Lipinski definition) is 4. The Balaban J connectivity index is 0.927. The summed E-state index contributed by atoms with van der Waals surface area (Å²) in [5.41, 5.74) is 2.62. The number of benzene rings is 2. The number of hydrogen-bond acceptors (Lipinski definition) is 13. The fourth-order valence-electron chi connectivity index (χ4n) is 10.9. The van der Waals surface area contributed by atoms with E-state index in [1.165, 1.54) is 49.6 Å². The van der Waals surface area contributed by atoms with Gasteiger partial charge < -0.3 is 29.8 Å². The number of nitrogens with one attached hydrogen (secondary N) is 3. The third-order valence-electron chi connectivity index (χ3n) is 14.7. The van der Waals surface area contributed by atoms with Crippen molar-refractivity contribution in [1.82, 2.24) is 24.6 Å². The van der Waals surface area contributed by atoms with Crippen molar-refractivity contribution in [3.63, 3.8) is 0 Å². The summed E-state index contributed by atoms with van der Waals surface area (Å²) in [6.07, 6.45) is 10.3. The van der Waals surface area contributed by atoms with Gasteiger partial charge in [0.1, 0.15) is 22.1 Å². The number of nitrogens with zero attached hydrogens (tertiary/aromatic N) is 5. The molecule has 2 aliphatic heterocycles. The van der Waals surface area contributed by atoms with Gasteiger partial charge in [0.15, 0.2) is 5.75 Å². The van der Waals surface area contributed by atoms with Gasteiger partial charge in [-0.2, -0.15) is 4.98 Å². The fourth-order valence-corrected chi connectivity index (χ4v) is 11.8. The van der Waals surface area contributed by atoms with Gasteiger partial charge in [0, 0.05) is 68.8 Å². The van der Waals surface area contributed by atoms with E-state index < -0.39 is 42.9 Å². The quantitative estimate of drug-likeness (QED) is 0.0609. The molecule has 16 nitrogen and oxygen atoms in total. The summed E-state index contributed by atoms with van der Waals surface area (Å²) in [4.78, 5) is 41.0. The summed E-state index contributed by atoms with van der Waals surface area (Å²) >= 11 is 0. The molecule has 5 aromatic rings. The molecule has 2 saturated heterocycles. The number of aliphatic hydroxyl groups is 1. The average molecular weight is 939 g/mol. The lowest BCUT2D eigenvalue weighted by atomic mass is 9.70. The van der Waals surface area contributed by atoms with Crippen LogP contribution in [0, 0.1) is 27.3 Å². The highest BCUT2D eigenvalue weighted by Crippen LogP contribution is 2.49. The number of nitro groups is 1. The molecule has 0 radical (unpaired) electrons. The first-order valence-electron chi connectivity index (χ1n) is 23.3. The molecular formula is C49H59FN8O8S. The van der Waals surface area contributed by atoms with Crippen LogP contribution >= 0.6 is 0 Å². The second-order valence-corrected chi connectivity index (χ2v) is 21.3. The Morgan fingerprint density at radius 3 is 2.51 bits per heavy atom. The third kappa shape index (κ3) is 9.52. The van der Waals surface area contributed by atoms with Crippen LogP contribution in [0.15, 0.2) is 71.9 Å². The van der Waals surface area contributed by atoms with E-state index >= 15 is 0 Å². The molecule has 0 bridgehead atoms. The molecule has 1 amide bonds. The van der Waals surface area contributed by atoms with Crippen molar-refractivity contribution in [3.8, 4) is 17.4 Å². The molecule has 5 heterocycles. The molecule has 2 aromatic carbocycles. The minimum atomic E-state index is -4.72. The number of rotatable bonds is 14. The highest BCUT2D eigenvalue weighted by atomic mass is 32.2. The normalized spacial score (nSPS) is 23.0. The van der Waals surface area contributed by atoms with Crippen LogP contribution < -0.4 is 24.4 Å². The molecule has 4 fully saturated rings. The Bertz CT molecular complexity index is 2770. The molecule has 4 aliphatic rings.